The third-order valence-electron chi connectivity index (χ3n) is 5.96. The van der Waals surface area contributed by atoms with Crippen LogP contribution < -0.4 is 0 Å². The minimum absolute atomic E-state index is 0.116. The Balaban J connectivity index is 1.45. The van der Waals surface area contributed by atoms with E-state index in [2.05, 4.69) is 26.7 Å². The van der Waals surface area contributed by atoms with Gasteiger partial charge in [0.1, 0.15) is 5.82 Å². The molecule has 1 amide bonds. The second kappa shape index (κ2) is 6.56. The first kappa shape index (κ1) is 17.6. The number of hydrogen-bond donors (Lipinski definition) is 0. The molecule has 0 bridgehead atoms. The topological polar surface area (TPSA) is 67.4 Å². The average molecular weight is 398 g/mol. The van der Waals surface area contributed by atoms with Crippen molar-refractivity contribution in [3.63, 3.8) is 0 Å². The van der Waals surface area contributed by atoms with Crippen LogP contribution in [0.2, 0.25) is 0 Å². The number of likely N-dealkylation sites (tertiary alicyclic amines) is 1. The summed E-state index contributed by atoms with van der Waals surface area (Å²) < 4.78 is 7.91. The van der Waals surface area contributed by atoms with Gasteiger partial charge in [-0.15, -0.1) is 21.5 Å². The fourth-order valence-electron chi connectivity index (χ4n) is 4.60. The number of aryl methyl sites for hydroxylation is 1. The molecular formula is C20H23N5O2S. The Hall–Kier alpha value is -2.45. The van der Waals surface area contributed by atoms with Gasteiger partial charge >= 0.3 is 0 Å². The second-order valence-electron chi connectivity index (χ2n) is 7.87. The zero-order valence-electron chi connectivity index (χ0n) is 16.1. The van der Waals surface area contributed by atoms with E-state index in [-0.39, 0.29) is 11.4 Å². The van der Waals surface area contributed by atoms with E-state index in [1.54, 1.807) is 6.26 Å². The fourth-order valence-corrected chi connectivity index (χ4v) is 5.49. The number of fused-ring (bicyclic) bond motifs is 2. The molecule has 5 heterocycles. The number of hydrogen-bond acceptors (Lipinski definition) is 6. The predicted octanol–water partition coefficient (Wildman–Crippen LogP) is 2.98. The molecule has 3 aromatic rings. The van der Waals surface area contributed by atoms with E-state index in [0.29, 0.717) is 0 Å². The van der Waals surface area contributed by atoms with Gasteiger partial charge in [0, 0.05) is 19.6 Å². The van der Waals surface area contributed by atoms with Gasteiger partial charge in [-0.2, -0.15) is 0 Å². The molecule has 2 aliphatic heterocycles. The quantitative estimate of drug-likeness (QED) is 0.665. The van der Waals surface area contributed by atoms with Crippen LogP contribution >= 0.6 is 11.3 Å². The SMILES string of the molecule is Cc1ccsc1C(=O)N1CCC2(CC1)CN(C)Cc1nnc(-c3ccco3)n12. The summed E-state index contributed by atoms with van der Waals surface area (Å²) in [5.41, 5.74) is 0.948. The van der Waals surface area contributed by atoms with E-state index in [1.165, 1.54) is 11.3 Å². The summed E-state index contributed by atoms with van der Waals surface area (Å²) in [4.78, 5) is 18.1. The lowest BCUT2D eigenvalue weighted by Crippen LogP contribution is -2.56. The van der Waals surface area contributed by atoms with E-state index in [4.69, 9.17) is 4.42 Å². The lowest BCUT2D eigenvalue weighted by atomic mass is 9.84. The lowest BCUT2D eigenvalue weighted by Gasteiger charge is -2.48. The predicted molar refractivity (Wildman–Crippen MR) is 106 cm³/mol. The Morgan fingerprint density at radius 3 is 2.75 bits per heavy atom. The van der Waals surface area contributed by atoms with Gasteiger partial charge in [0.05, 0.1) is 23.2 Å². The molecule has 0 saturated carbocycles. The molecule has 8 heteroatoms. The third-order valence-corrected chi connectivity index (χ3v) is 6.96. The van der Waals surface area contributed by atoms with Gasteiger partial charge in [-0.1, -0.05) is 0 Å². The van der Waals surface area contributed by atoms with Gasteiger partial charge in [0.2, 0.25) is 0 Å². The molecule has 1 saturated heterocycles. The average Bonchev–Trinajstić information content (AvgIpc) is 3.41. The fraction of sp³-hybridized carbons (Fsp3) is 0.450. The molecule has 0 radical (unpaired) electrons. The highest BCUT2D eigenvalue weighted by molar-refractivity contribution is 7.12. The molecule has 2 aliphatic rings. The first-order chi connectivity index (χ1) is 13.6. The van der Waals surface area contributed by atoms with Crippen molar-refractivity contribution >= 4 is 17.2 Å². The summed E-state index contributed by atoms with van der Waals surface area (Å²) in [5.74, 6) is 2.66. The zero-order valence-corrected chi connectivity index (χ0v) is 16.9. The molecule has 0 unspecified atom stereocenters. The smallest absolute Gasteiger partial charge is 0.264 e. The van der Waals surface area contributed by atoms with Gasteiger partial charge in [-0.3, -0.25) is 14.3 Å². The Bertz CT molecular complexity index is 998. The Morgan fingerprint density at radius 1 is 1.25 bits per heavy atom. The van der Waals surface area contributed by atoms with Crippen molar-refractivity contribution in [2.75, 3.05) is 26.7 Å². The summed E-state index contributed by atoms with van der Waals surface area (Å²) in [5, 5.41) is 10.9. The first-order valence-corrected chi connectivity index (χ1v) is 10.5. The number of nitrogens with zero attached hydrogens (tertiary/aromatic N) is 5. The number of piperidine rings is 1. The van der Waals surface area contributed by atoms with Gasteiger partial charge in [0.15, 0.2) is 11.6 Å². The summed E-state index contributed by atoms with van der Waals surface area (Å²) in [6, 6.07) is 5.82. The van der Waals surface area contributed by atoms with Crippen molar-refractivity contribution in [2.24, 2.45) is 0 Å². The molecule has 0 N–H and O–H groups in total. The maximum Gasteiger partial charge on any atom is 0.264 e. The van der Waals surface area contributed by atoms with Crippen LogP contribution in [0.1, 0.15) is 33.9 Å². The highest BCUT2D eigenvalue weighted by Gasteiger charge is 2.44. The minimum atomic E-state index is -0.116. The van der Waals surface area contributed by atoms with Crippen molar-refractivity contribution in [3.8, 4) is 11.6 Å². The first-order valence-electron chi connectivity index (χ1n) is 9.58. The molecule has 1 fully saturated rings. The summed E-state index contributed by atoms with van der Waals surface area (Å²) in [6.07, 6.45) is 3.43. The van der Waals surface area contributed by atoms with Crippen molar-refractivity contribution in [2.45, 2.75) is 31.8 Å². The van der Waals surface area contributed by atoms with Crippen LogP contribution in [0.25, 0.3) is 11.6 Å². The van der Waals surface area contributed by atoms with Crippen molar-refractivity contribution in [1.82, 2.24) is 24.6 Å². The van der Waals surface area contributed by atoms with Crippen molar-refractivity contribution in [3.05, 3.63) is 46.1 Å². The molecule has 146 valence electrons. The van der Waals surface area contributed by atoms with E-state index in [9.17, 15) is 4.79 Å². The molecule has 0 aliphatic carbocycles. The molecule has 3 aromatic heterocycles. The molecule has 0 aromatic carbocycles. The second-order valence-corrected chi connectivity index (χ2v) is 8.79. The maximum absolute atomic E-state index is 12.9. The Morgan fingerprint density at radius 2 is 2.07 bits per heavy atom. The highest BCUT2D eigenvalue weighted by atomic mass is 32.1. The molecule has 5 rings (SSSR count). The van der Waals surface area contributed by atoms with Crippen LogP contribution in [0.3, 0.4) is 0 Å². The van der Waals surface area contributed by atoms with E-state index >= 15 is 0 Å². The number of carbonyl (C=O) groups is 1. The minimum Gasteiger partial charge on any atom is -0.461 e. The Labute approximate surface area is 167 Å². The van der Waals surface area contributed by atoms with E-state index in [0.717, 1.165) is 66.9 Å². The summed E-state index contributed by atoms with van der Waals surface area (Å²) in [6.45, 7) is 5.17. The summed E-state index contributed by atoms with van der Waals surface area (Å²) >= 11 is 1.53. The van der Waals surface area contributed by atoms with Crippen LogP contribution in [-0.4, -0.2) is 57.2 Å². The molecule has 28 heavy (non-hydrogen) atoms. The molecular weight excluding hydrogens is 374 g/mol. The van der Waals surface area contributed by atoms with E-state index < -0.39 is 0 Å². The van der Waals surface area contributed by atoms with Gasteiger partial charge in [0.25, 0.3) is 5.91 Å². The normalized spacial score (nSPS) is 19.1. The number of carbonyl (C=O) groups excluding carboxylic acids is 1. The van der Waals surface area contributed by atoms with Crippen LogP contribution in [0.15, 0.2) is 34.3 Å². The van der Waals surface area contributed by atoms with Crippen LogP contribution in [-0.2, 0) is 12.1 Å². The van der Waals surface area contributed by atoms with E-state index in [1.807, 2.05) is 35.4 Å². The lowest BCUT2D eigenvalue weighted by molar-refractivity contribution is 0.0411. The summed E-state index contributed by atoms with van der Waals surface area (Å²) in [7, 11) is 2.12. The van der Waals surface area contributed by atoms with Gasteiger partial charge in [-0.05, 0) is 56.0 Å². The van der Waals surface area contributed by atoms with Crippen molar-refractivity contribution in [1.29, 1.82) is 0 Å². The zero-order chi connectivity index (χ0) is 19.3. The number of rotatable bonds is 2. The molecule has 0 atom stereocenters. The number of aromatic nitrogens is 3. The van der Waals surface area contributed by atoms with Gasteiger partial charge in [-0.25, -0.2) is 0 Å². The number of likely N-dealkylation sites (N-methyl/N-ethyl adjacent to an activating group) is 1. The molecule has 1 spiro atoms. The monoisotopic (exact) mass is 397 g/mol. The largest absolute Gasteiger partial charge is 0.461 e. The number of furan rings is 1. The molecule has 7 nitrogen and oxygen atoms in total. The van der Waals surface area contributed by atoms with Crippen LogP contribution in [0, 0.1) is 6.92 Å². The number of amides is 1. The standard InChI is InChI=1S/C20H23N5O2S/c1-14-5-11-28-17(14)19(26)24-8-6-20(7-9-24)13-23(2)12-16-21-22-18(25(16)20)15-4-3-10-27-15/h3-5,10-11H,6-9,12-13H2,1-2H3. The number of thiophene rings is 1. The van der Waals surface area contributed by atoms with Gasteiger partial charge < -0.3 is 9.32 Å². The highest BCUT2D eigenvalue weighted by Crippen LogP contribution is 2.39. The third kappa shape index (κ3) is 2.70. The maximum atomic E-state index is 12.9. The van der Waals surface area contributed by atoms with Crippen LogP contribution in [0.4, 0.5) is 0 Å². The van der Waals surface area contributed by atoms with Crippen LogP contribution in [0.5, 0.6) is 0 Å². The van der Waals surface area contributed by atoms with Crippen molar-refractivity contribution < 1.29 is 9.21 Å². The Kier molecular flexibility index (Phi) is 4.13.